The SMILES string of the molecule is N#CC(C1COC1)N1CCC[C@H](Cc2ncccc2-c2cnc3[nH]ccc3n2)C1. The molecule has 3 aromatic heterocycles. The molecule has 2 atom stereocenters. The summed E-state index contributed by atoms with van der Waals surface area (Å²) in [4.78, 5) is 19.4. The standard InChI is InChI=1S/C22H24N6O/c23-10-21(16-13-29-14-16)28-8-2-3-15(12-28)9-19-17(4-1-6-24-19)20-11-26-22-18(27-20)5-7-25-22/h1,4-7,11,15-16,21H,2-3,8-9,12-14H2,(H,25,26)/t15-,21?/m1/s1. The largest absolute Gasteiger partial charge is 0.380 e. The minimum Gasteiger partial charge on any atom is -0.380 e. The summed E-state index contributed by atoms with van der Waals surface area (Å²) in [6.45, 7) is 3.36. The van der Waals surface area contributed by atoms with E-state index in [1.807, 2.05) is 30.7 Å². The molecule has 2 fully saturated rings. The molecule has 0 spiro atoms. The number of rotatable bonds is 5. The molecule has 2 saturated heterocycles. The molecule has 5 heterocycles. The first-order valence-electron chi connectivity index (χ1n) is 10.3. The number of aromatic nitrogens is 4. The van der Waals surface area contributed by atoms with Crippen molar-refractivity contribution in [1.29, 1.82) is 5.26 Å². The third-order valence-electron chi connectivity index (χ3n) is 6.10. The number of nitrogens with one attached hydrogen (secondary N) is 1. The van der Waals surface area contributed by atoms with Crippen molar-refractivity contribution < 1.29 is 4.74 Å². The van der Waals surface area contributed by atoms with Gasteiger partial charge >= 0.3 is 0 Å². The van der Waals surface area contributed by atoms with Crippen LogP contribution in [0.25, 0.3) is 22.4 Å². The van der Waals surface area contributed by atoms with Crippen LogP contribution in [0, 0.1) is 23.2 Å². The number of H-pyrrole nitrogens is 1. The third-order valence-corrected chi connectivity index (χ3v) is 6.10. The summed E-state index contributed by atoms with van der Waals surface area (Å²) >= 11 is 0. The molecule has 0 aromatic carbocycles. The molecule has 1 unspecified atom stereocenters. The molecule has 3 aromatic rings. The van der Waals surface area contributed by atoms with E-state index in [-0.39, 0.29) is 6.04 Å². The number of hydrogen-bond donors (Lipinski definition) is 1. The van der Waals surface area contributed by atoms with Gasteiger partial charge in [-0.25, -0.2) is 9.97 Å². The third kappa shape index (κ3) is 3.61. The van der Waals surface area contributed by atoms with Crippen LogP contribution in [0.4, 0.5) is 0 Å². The molecule has 7 nitrogen and oxygen atoms in total. The van der Waals surface area contributed by atoms with Crippen LogP contribution in [0.5, 0.6) is 0 Å². The molecule has 1 N–H and O–H groups in total. The fourth-order valence-electron chi connectivity index (χ4n) is 4.51. The average molecular weight is 388 g/mol. The van der Waals surface area contributed by atoms with E-state index < -0.39 is 0 Å². The second kappa shape index (κ2) is 7.90. The first kappa shape index (κ1) is 18.2. The zero-order valence-electron chi connectivity index (χ0n) is 16.3. The maximum Gasteiger partial charge on any atom is 0.156 e. The van der Waals surface area contributed by atoms with Gasteiger partial charge in [-0.15, -0.1) is 0 Å². The van der Waals surface area contributed by atoms with Gasteiger partial charge in [0.2, 0.25) is 0 Å². The highest BCUT2D eigenvalue weighted by molar-refractivity contribution is 5.74. The average Bonchev–Trinajstić information content (AvgIpc) is 3.19. The van der Waals surface area contributed by atoms with Gasteiger partial charge in [-0.2, -0.15) is 5.26 Å². The number of fused-ring (bicyclic) bond motifs is 1. The summed E-state index contributed by atoms with van der Waals surface area (Å²) in [5.41, 5.74) is 4.62. The van der Waals surface area contributed by atoms with Gasteiger partial charge in [0.1, 0.15) is 11.6 Å². The number of likely N-dealkylation sites (tertiary alicyclic amines) is 1. The smallest absolute Gasteiger partial charge is 0.156 e. The van der Waals surface area contributed by atoms with Crippen molar-refractivity contribution in [3.63, 3.8) is 0 Å². The summed E-state index contributed by atoms with van der Waals surface area (Å²) in [7, 11) is 0. The van der Waals surface area contributed by atoms with E-state index >= 15 is 0 Å². The summed E-state index contributed by atoms with van der Waals surface area (Å²) < 4.78 is 5.32. The van der Waals surface area contributed by atoms with E-state index in [4.69, 9.17) is 14.7 Å². The number of nitrogens with zero attached hydrogens (tertiary/aromatic N) is 5. The van der Waals surface area contributed by atoms with Gasteiger partial charge in [0.05, 0.1) is 36.9 Å². The van der Waals surface area contributed by atoms with E-state index in [1.165, 1.54) is 0 Å². The van der Waals surface area contributed by atoms with Gasteiger partial charge in [-0.05, 0) is 49.9 Å². The van der Waals surface area contributed by atoms with Crippen LogP contribution < -0.4 is 0 Å². The molecule has 5 rings (SSSR count). The number of pyridine rings is 1. The molecule has 0 saturated carbocycles. The minimum absolute atomic E-state index is 0.0309. The van der Waals surface area contributed by atoms with Crippen LogP contribution in [0.2, 0.25) is 0 Å². The van der Waals surface area contributed by atoms with Crippen LogP contribution in [0.1, 0.15) is 18.5 Å². The maximum atomic E-state index is 9.67. The lowest BCUT2D eigenvalue weighted by atomic mass is 9.88. The molecule has 0 bridgehead atoms. The molecule has 7 heteroatoms. The molecular weight excluding hydrogens is 364 g/mol. The molecule has 0 amide bonds. The Kier molecular flexibility index (Phi) is 4.96. The van der Waals surface area contributed by atoms with Crippen LogP contribution >= 0.6 is 0 Å². The first-order valence-corrected chi connectivity index (χ1v) is 10.3. The van der Waals surface area contributed by atoms with Gasteiger partial charge < -0.3 is 9.72 Å². The maximum absolute atomic E-state index is 9.67. The zero-order chi connectivity index (χ0) is 19.6. The van der Waals surface area contributed by atoms with Gasteiger partial charge in [0, 0.05) is 30.4 Å². The highest BCUT2D eigenvalue weighted by Crippen LogP contribution is 2.29. The number of nitriles is 1. The Bertz CT molecular complexity index is 1040. The van der Waals surface area contributed by atoms with Crippen LogP contribution in [-0.4, -0.2) is 57.2 Å². The van der Waals surface area contributed by atoms with E-state index in [1.54, 1.807) is 0 Å². The van der Waals surface area contributed by atoms with E-state index in [0.717, 1.165) is 60.5 Å². The second-order valence-electron chi connectivity index (χ2n) is 8.04. The molecule has 148 valence electrons. The van der Waals surface area contributed by atoms with Gasteiger partial charge in [0.25, 0.3) is 0 Å². The normalized spacial score (nSPS) is 21.6. The second-order valence-corrected chi connectivity index (χ2v) is 8.04. The van der Waals surface area contributed by atoms with Crippen LogP contribution in [0.15, 0.2) is 36.8 Å². The molecule has 0 radical (unpaired) electrons. The quantitative estimate of drug-likeness (QED) is 0.723. The molecule has 29 heavy (non-hydrogen) atoms. The predicted molar refractivity (Wildman–Crippen MR) is 109 cm³/mol. The summed E-state index contributed by atoms with van der Waals surface area (Å²) in [6.07, 6.45) is 8.69. The molecule has 2 aliphatic heterocycles. The monoisotopic (exact) mass is 388 g/mol. The van der Waals surface area contributed by atoms with Crippen molar-refractivity contribution in [2.75, 3.05) is 26.3 Å². The number of piperidine rings is 1. The Morgan fingerprint density at radius 1 is 1.31 bits per heavy atom. The van der Waals surface area contributed by atoms with Crippen molar-refractivity contribution >= 4 is 11.2 Å². The lowest BCUT2D eigenvalue weighted by Crippen LogP contribution is -2.51. The van der Waals surface area contributed by atoms with Crippen molar-refractivity contribution in [2.45, 2.75) is 25.3 Å². The fraction of sp³-hybridized carbons (Fsp3) is 0.455. The Morgan fingerprint density at radius 3 is 3.07 bits per heavy atom. The lowest BCUT2D eigenvalue weighted by molar-refractivity contribution is -0.0671. The van der Waals surface area contributed by atoms with E-state index in [9.17, 15) is 5.26 Å². The van der Waals surface area contributed by atoms with Gasteiger partial charge in [0.15, 0.2) is 5.65 Å². The highest BCUT2D eigenvalue weighted by Gasteiger charge is 2.35. The highest BCUT2D eigenvalue weighted by atomic mass is 16.5. The van der Waals surface area contributed by atoms with Crippen LogP contribution in [-0.2, 0) is 11.2 Å². The van der Waals surface area contributed by atoms with Crippen molar-refractivity contribution in [2.24, 2.45) is 11.8 Å². The van der Waals surface area contributed by atoms with Crippen molar-refractivity contribution in [1.82, 2.24) is 24.8 Å². The number of hydrogen-bond acceptors (Lipinski definition) is 6. The summed E-state index contributed by atoms with van der Waals surface area (Å²) in [6, 6.07) is 8.46. The minimum atomic E-state index is -0.0309. The van der Waals surface area contributed by atoms with Crippen LogP contribution in [0.3, 0.4) is 0 Å². The topological polar surface area (TPSA) is 90.7 Å². The molecule has 0 aliphatic carbocycles. The van der Waals surface area contributed by atoms with Gasteiger partial charge in [-0.1, -0.05) is 0 Å². The Morgan fingerprint density at radius 2 is 2.24 bits per heavy atom. The summed E-state index contributed by atoms with van der Waals surface area (Å²) in [5.74, 6) is 0.839. The fourth-order valence-corrected chi connectivity index (χ4v) is 4.51. The molecule has 2 aliphatic rings. The van der Waals surface area contributed by atoms with E-state index in [2.05, 4.69) is 27.0 Å². The van der Waals surface area contributed by atoms with Crippen molar-refractivity contribution in [3.05, 3.63) is 42.5 Å². The number of ether oxygens (including phenoxy) is 1. The Balaban J connectivity index is 1.36. The van der Waals surface area contributed by atoms with E-state index in [0.29, 0.717) is 25.0 Å². The van der Waals surface area contributed by atoms with Gasteiger partial charge in [-0.3, -0.25) is 9.88 Å². The first-order chi connectivity index (χ1) is 14.3. The number of aromatic amines is 1. The zero-order valence-corrected chi connectivity index (χ0v) is 16.3. The summed E-state index contributed by atoms with van der Waals surface area (Å²) in [5, 5.41) is 9.67. The van der Waals surface area contributed by atoms with Crippen molar-refractivity contribution in [3.8, 4) is 17.3 Å². The lowest BCUT2D eigenvalue weighted by Gasteiger charge is -2.41. The Labute approximate surface area is 169 Å². The Hall–Kier alpha value is -2.82. The molecular formula is C22H24N6O. The predicted octanol–water partition coefficient (Wildman–Crippen LogP) is 2.81.